The van der Waals surface area contributed by atoms with E-state index in [4.69, 9.17) is 0 Å². The van der Waals surface area contributed by atoms with E-state index in [9.17, 15) is 13.2 Å². The third-order valence-corrected chi connectivity index (χ3v) is 7.33. The lowest BCUT2D eigenvalue weighted by atomic mass is 9.97. The minimum absolute atomic E-state index is 0.164. The standard InChI is InChI=1S/C23H27F3N6S/c1-22(14-18(22)16-4-6-17(7-5-16)23(24,25)26)8-10-27-9-3-13-33-21-31-30-20(32(21)2)19-15-28-11-12-29-19/h4-7,11-12,15,18,27H,3,8-10,13-14H2,1-2H3/t18?,22-/m1/s1. The smallest absolute Gasteiger partial charge is 0.317 e. The Bertz CT molecular complexity index is 1050. The van der Waals surface area contributed by atoms with E-state index in [2.05, 4.69) is 32.4 Å². The highest BCUT2D eigenvalue weighted by Crippen LogP contribution is 2.61. The van der Waals surface area contributed by atoms with Crippen LogP contribution >= 0.6 is 11.8 Å². The monoisotopic (exact) mass is 476 g/mol. The number of aromatic nitrogens is 5. The van der Waals surface area contributed by atoms with Crippen molar-refractivity contribution >= 4 is 11.8 Å². The maximum atomic E-state index is 12.7. The molecule has 0 bridgehead atoms. The Balaban J connectivity index is 1.14. The molecule has 2 atom stereocenters. The summed E-state index contributed by atoms with van der Waals surface area (Å²) >= 11 is 1.66. The number of nitrogens with zero attached hydrogens (tertiary/aromatic N) is 5. The summed E-state index contributed by atoms with van der Waals surface area (Å²) in [7, 11) is 1.92. The maximum absolute atomic E-state index is 12.7. The molecule has 6 nitrogen and oxygen atoms in total. The van der Waals surface area contributed by atoms with Crippen molar-refractivity contribution in [1.82, 2.24) is 30.0 Å². The molecule has 2 aromatic heterocycles. The number of nitrogens with one attached hydrogen (secondary N) is 1. The van der Waals surface area contributed by atoms with Gasteiger partial charge in [0, 0.05) is 25.2 Å². The zero-order chi connectivity index (χ0) is 23.5. The molecule has 1 saturated carbocycles. The quantitative estimate of drug-likeness (QED) is 0.330. The van der Waals surface area contributed by atoms with Crippen molar-refractivity contribution in [3.8, 4) is 11.5 Å². The number of hydrogen-bond donors (Lipinski definition) is 1. The Morgan fingerprint density at radius 1 is 1.15 bits per heavy atom. The summed E-state index contributed by atoms with van der Waals surface area (Å²) in [5, 5.41) is 12.8. The third kappa shape index (κ3) is 5.73. The molecule has 3 aromatic rings. The van der Waals surface area contributed by atoms with E-state index in [1.165, 1.54) is 12.1 Å². The lowest BCUT2D eigenvalue weighted by Crippen LogP contribution is -2.20. The molecular weight excluding hydrogens is 449 g/mol. The van der Waals surface area contributed by atoms with Crippen LogP contribution in [0.25, 0.3) is 11.5 Å². The molecule has 33 heavy (non-hydrogen) atoms. The highest BCUT2D eigenvalue weighted by Gasteiger charge is 2.49. The van der Waals surface area contributed by atoms with Gasteiger partial charge in [0.2, 0.25) is 0 Å². The molecular formula is C23H27F3N6S. The molecule has 0 aliphatic heterocycles. The first-order chi connectivity index (χ1) is 15.8. The fourth-order valence-electron chi connectivity index (χ4n) is 4.05. The Morgan fingerprint density at radius 2 is 1.94 bits per heavy atom. The molecule has 0 amide bonds. The van der Waals surface area contributed by atoms with Gasteiger partial charge < -0.3 is 9.88 Å². The van der Waals surface area contributed by atoms with E-state index in [-0.39, 0.29) is 5.41 Å². The van der Waals surface area contributed by atoms with Gasteiger partial charge >= 0.3 is 6.18 Å². The van der Waals surface area contributed by atoms with Gasteiger partial charge in [-0.15, -0.1) is 10.2 Å². The topological polar surface area (TPSA) is 68.5 Å². The van der Waals surface area contributed by atoms with Crippen LogP contribution in [-0.2, 0) is 13.2 Å². The van der Waals surface area contributed by atoms with Crippen molar-refractivity contribution < 1.29 is 13.2 Å². The lowest BCUT2D eigenvalue weighted by molar-refractivity contribution is -0.137. The fraction of sp³-hybridized carbons (Fsp3) is 0.478. The van der Waals surface area contributed by atoms with Gasteiger partial charge in [0.1, 0.15) is 5.69 Å². The molecule has 0 radical (unpaired) electrons. The second-order valence-corrected chi connectivity index (χ2v) is 9.75. The van der Waals surface area contributed by atoms with Crippen molar-refractivity contribution in [2.75, 3.05) is 18.8 Å². The Kier molecular flexibility index (Phi) is 7.04. The van der Waals surface area contributed by atoms with Crippen LogP contribution in [0.2, 0.25) is 0 Å². The molecule has 0 spiro atoms. The van der Waals surface area contributed by atoms with Crippen molar-refractivity contribution in [3.05, 3.63) is 54.0 Å². The first kappa shape index (κ1) is 23.7. The van der Waals surface area contributed by atoms with Crippen LogP contribution in [0, 0.1) is 5.41 Å². The number of alkyl halides is 3. The number of hydrogen-bond acceptors (Lipinski definition) is 6. The van der Waals surface area contributed by atoms with Crippen molar-refractivity contribution in [1.29, 1.82) is 0 Å². The van der Waals surface area contributed by atoms with E-state index < -0.39 is 11.7 Å². The van der Waals surface area contributed by atoms with Crippen molar-refractivity contribution in [3.63, 3.8) is 0 Å². The average molecular weight is 477 g/mol. The summed E-state index contributed by atoms with van der Waals surface area (Å²) < 4.78 is 40.2. The summed E-state index contributed by atoms with van der Waals surface area (Å²) in [5.41, 5.74) is 1.28. The van der Waals surface area contributed by atoms with Gasteiger partial charge in [-0.1, -0.05) is 30.8 Å². The van der Waals surface area contributed by atoms with E-state index >= 15 is 0 Å². The normalized spacial score (nSPS) is 20.2. The van der Waals surface area contributed by atoms with Gasteiger partial charge in [-0.2, -0.15) is 13.2 Å². The number of thioether (sulfide) groups is 1. The van der Waals surface area contributed by atoms with Crippen molar-refractivity contribution in [2.24, 2.45) is 12.5 Å². The average Bonchev–Trinajstić information content (AvgIpc) is 3.34. The van der Waals surface area contributed by atoms with Gasteiger partial charge in [-0.05, 0) is 61.4 Å². The Hall–Kier alpha value is -2.46. The molecule has 176 valence electrons. The van der Waals surface area contributed by atoms with Crippen LogP contribution in [0.3, 0.4) is 0 Å². The highest BCUT2D eigenvalue weighted by atomic mass is 32.2. The largest absolute Gasteiger partial charge is 0.416 e. The molecule has 2 heterocycles. The van der Waals surface area contributed by atoms with Crippen molar-refractivity contribution in [2.45, 2.75) is 43.4 Å². The molecule has 4 rings (SSSR count). The number of rotatable bonds is 10. The van der Waals surface area contributed by atoms with E-state index in [1.807, 2.05) is 11.6 Å². The summed E-state index contributed by atoms with van der Waals surface area (Å²) in [6.07, 6.45) is 3.69. The zero-order valence-corrected chi connectivity index (χ0v) is 19.5. The Morgan fingerprint density at radius 3 is 2.64 bits per heavy atom. The van der Waals surface area contributed by atoms with Gasteiger partial charge in [0.05, 0.1) is 11.8 Å². The zero-order valence-electron chi connectivity index (χ0n) is 18.6. The summed E-state index contributed by atoms with van der Waals surface area (Å²) in [6, 6.07) is 5.64. The summed E-state index contributed by atoms with van der Waals surface area (Å²) in [4.78, 5) is 8.34. The minimum Gasteiger partial charge on any atom is -0.317 e. The predicted molar refractivity (Wildman–Crippen MR) is 122 cm³/mol. The SMILES string of the molecule is Cn1c(SCCCNCC[C@]2(C)CC2c2ccc(C(F)(F)F)cc2)nnc1-c1cnccn1. The second-order valence-electron chi connectivity index (χ2n) is 8.69. The molecule has 1 aliphatic rings. The third-order valence-electron chi connectivity index (χ3n) is 6.22. The van der Waals surface area contributed by atoms with E-state index in [0.29, 0.717) is 17.4 Å². The van der Waals surface area contributed by atoms with Gasteiger partial charge in [-0.3, -0.25) is 4.98 Å². The molecule has 0 saturated heterocycles. The van der Waals surface area contributed by atoms with Crippen LogP contribution in [-0.4, -0.2) is 43.6 Å². The highest BCUT2D eigenvalue weighted by molar-refractivity contribution is 7.99. The molecule has 1 aromatic carbocycles. The molecule has 1 unspecified atom stereocenters. The summed E-state index contributed by atoms with van der Waals surface area (Å²) in [6.45, 7) is 4.03. The first-order valence-corrected chi connectivity index (χ1v) is 11.9. The van der Waals surface area contributed by atoms with Gasteiger partial charge in [0.25, 0.3) is 0 Å². The summed E-state index contributed by atoms with van der Waals surface area (Å²) in [5.74, 6) is 1.96. The Labute approximate surface area is 195 Å². The maximum Gasteiger partial charge on any atom is 0.416 e. The van der Waals surface area contributed by atoms with Crippen LogP contribution < -0.4 is 5.32 Å². The van der Waals surface area contributed by atoms with Crippen LogP contribution in [0.4, 0.5) is 13.2 Å². The predicted octanol–water partition coefficient (Wildman–Crippen LogP) is 4.95. The number of halogens is 3. The van der Waals surface area contributed by atoms with Crippen LogP contribution in [0.15, 0.2) is 48.0 Å². The second kappa shape index (κ2) is 9.80. The lowest BCUT2D eigenvalue weighted by Gasteiger charge is -2.13. The fourth-order valence-corrected chi connectivity index (χ4v) is 4.90. The van der Waals surface area contributed by atoms with Gasteiger partial charge in [-0.25, -0.2) is 4.98 Å². The number of benzene rings is 1. The van der Waals surface area contributed by atoms with E-state index in [1.54, 1.807) is 42.5 Å². The van der Waals surface area contributed by atoms with Crippen LogP contribution in [0.5, 0.6) is 0 Å². The van der Waals surface area contributed by atoms with Gasteiger partial charge in [0.15, 0.2) is 11.0 Å². The molecule has 1 aliphatic carbocycles. The van der Waals surface area contributed by atoms with Crippen LogP contribution in [0.1, 0.15) is 43.2 Å². The first-order valence-electron chi connectivity index (χ1n) is 10.9. The van der Waals surface area contributed by atoms with E-state index in [0.717, 1.165) is 48.8 Å². The minimum atomic E-state index is -4.28. The molecule has 1 N–H and O–H groups in total. The molecule has 10 heteroatoms. The molecule has 1 fully saturated rings.